The minimum Gasteiger partial charge on any atom is -0.380 e. The second kappa shape index (κ2) is 8.31. The van der Waals surface area contributed by atoms with E-state index < -0.39 is 0 Å². The Balaban J connectivity index is 2.34. The third-order valence-corrected chi connectivity index (χ3v) is 2.72. The molecule has 2 nitrogen and oxygen atoms in total. The van der Waals surface area contributed by atoms with Crippen LogP contribution in [0.15, 0.2) is 24.3 Å². The van der Waals surface area contributed by atoms with Crippen LogP contribution in [-0.2, 0) is 17.8 Å². The zero-order valence-electron chi connectivity index (χ0n) is 10.5. The molecule has 2 heteroatoms. The molecule has 1 rings (SSSR count). The summed E-state index contributed by atoms with van der Waals surface area (Å²) in [6.07, 6.45) is 3.65. The summed E-state index contributed by atoms with van der Waals surface area (Å²) in [7, 11) is 1.75. The lowest BCUT2D eigenvalue weighted by atomic mass is 10.0. The van der Waals surface area contributed by atoms with E-state index in [9.17, 15) is 0 Å². The molecule has 0 aliphatic heterocycles. The van der Waals surface area contributed by atoms with E-state index in [1.165, 1.54) is 24.0 Å². The number of aryl methyl sites for hydroxylation is 1. The van der Waals surface area contributed by atoms with Crippen LogP contribution >= 0.6 is 0 Å². The van der Waals surface area contributed by atoms with Crippen molar-refractivity contribution < 1.29 is 4.74 Å². The highest BCUT2D eigenvalue weighted by molar-refractivity contribution is 5.26. The van der Waals surface area contributed by atoms with Crippen molar-refractivity contribution in [2.75, 3.05) is 20.2 Å². The lowest BCUT2D eigenvalue weighted by Gasteiger charge is -2.08. The minimum absolute atomic E-state index is 0.726. The van der Waals surface area contributed by atoms with Gasteiger partial charge in [-0.1, -0.05) is 31.2 Å². The number of hydrogen-bond acceptors (Lipinski definition) is 2. The zero-order chi connectivity index (χ0) is 11.6. The summed E-state index contributed by atoms with van der Waals surface area (Å²) in [6, 6.07) is 8.56. The van der Waals surface area contributed by atoms with Gasteiger partial charge in [-0.2, -0.15) is 0 Å². The average Bonchev–Trinajstić information content (AvgIpc) is 2.31. The molecule has 0 saturated heterocycles. The largest absolute Gasteiger partial charge is 0.380 e. The molecule has 0 spiro atoms. The fourth-order valence-corrected chi connectivity index (χ4v) is 1.84. The summed E-state index contributed by atoms with van der Waals surface area (Å²) < 4.78 is 5.20. The third kappa shape index (κ3) is 4.77. The number of benzene rings is 1. The van der Waals surface area contributed by atoms with Gasteiger partial charge in [0, 0.05) is 7.11 Å². The molecule has 0 aliphatic carbocycles. The maximum atomic E-state index is 5.20. The number of hydrogen-bond donors (Lipinski definition) is 1. The van der Waals surface area contributed by atoms with E-state index in [1.54, 1.807) is 7.11 Å². The van der Waals surface area contributed by atoms with Crippen LogP contribution < -0.4 is 5.32 Å². The van der Waals surface area contributed by atoms with Gasteiger partial charge < -0.3 is 10.1 Å². The Morgan fingerprint density at radius 1 is 1.12 bits per heavy atom. The van der Waals surface area contributed by atoms with Crippen LogP contribution in [0.5, 0.6) is 0 Å². The second-order valence-corrected chi connectivity index (χ2v) is 4.01. The predicted octanol–water partition coefficient (Wildman–Crippen LogP) is 2.77. The van der Waals surface area contributed by atoms with Crippen molar-refractivity contribution in [2.24, 2.45) is 0 Å². The van der Waals surface area contributed by atoms with E-state index in [4.69, 9.17) is 4.74 Å². The van der Waals surface area contributed by atoms with Crippen LogP contribution in [0, 0.1) is 0 Å². The van der Waals surface area contributed by atoms with Gasteiger partial charge in [0.25, 0.3) is 0 Å². The average molecular weight is 221 g/mol. The molecule has 90 valence electrons. The molecule has 0 aliphatic rings. The summed E-state index contributed by atoms with van der Waals surface area (Å²) in [5.41, 5.74) is 2.76. The second-order valence-electron chi connectivity index (χ2n) is 4.01. The minimum atomic E-state index is 0.726. The van der Waals surface area contributed by atoms with E-state index >= 15 is 0 Å². The number of methoxy groups -OCH3 is 1. The highest BCUT2D eigenvalue weighted by atomic mass is 16.5. The molecule has 0 atom stereocenters. The predicted molar refractivity (Wildman–Crippen MR) is 68.6 cm³/mol. The van der Waals surface area contributed by atoms with Gasteiger partial charge >= 0.3 is 0 Å². The summed E-state index contributed by atoms with van der Waals surface area (Å²) in [4.78, 5) is 0. The molecule has 1 N–H and O–H groups in total. The van der Waals surface area contributed by atoms with Crippen molar-refractivity contribution in [2.45, 2.75) is 32.8 Å². The van der Waals surface area contributed by atoms with Gasteiger partial charge in [-0.05, 0) is 43.5 Å². The SMILES string of the molecule is CCNCCCCc1ccccc1COC. The molecule has 1 aromatic carbocycles. The van der Waals surface area contributed by atoms with Crippen LogP contribution in [0.4, 0.5) is 0 Å². The van der Waals surface area contributed by atoms with Gasteiger partial charge in [0.2, 0.25) is 0 Å². The topological polar surface area (TPSA) is 21.3 Å². The molecule has 0 fully saturated rings. The molecule has 0 unspecified atom stereocenters. The molecular formula is C14H23NO. The lowest BCUT2D eigenvalue weighted by molar-refractivity contribution is 0.184. The van der Waals surface area contributed by atoms with Crippen molar-refractivity contribution in [3.8, 4) is 0 Å². The Kier molecular flexibility index (Phi) is 6.86. The van der Waals surface area contributed by atoms with Crippen LogP contribution in [0.25, 0.3) is 0 Å². The Hall–Kier alpha value is -0.860. The molecule has 0 bridgehead atoms. The molecule has 0 heterocycles. The van der Waals surface area contributed by atoms with Gasteiger partial charge in [0.05, 0.1) is 6.61 Å². The first-order valence-electron chi connectivity index (χ1n) is 6.15. The normalized spacial score (nSPS) is 10.6. The molecule has 0 amide bonds. The molecule has 0 saturated carbocycles. The maximum Gasteiger partial charge on any atom is 0.0715 e. The van der Waals surface area contributed by atoms with Gasteiger partial charge in [-0.3, -0.25) is 0 Å². The van der Waals surface area contributed by atoms with Crippen LogP contribution in [0.2, 0.25) is 0 Å². The van der Waals surface area contributed by atoms with Crippen LogP contribution in [0.3, 0.4) is 0 Å². The highest BCUT2D eigenvalue weighted by Crippen LogP contribution is 2.12. The fourth-order valence-electron chi connectivity index (χ4n) is 1.84. The quantitative estimate of drug-likeness (QED) is 0.682. The summed E-state index contributed by atoms with van der Waals surface area (Å²) in [6.45, 7) is 5.07. The van der Waals surface area contributed by atoms with E-state index in [0.717, 1.165) is 26.1 Å². The Labute approximate surface area is 99.0 Å². The lowest BCUT2D eigenvalue weighted by Crippen LogP contribution is -2.14. The standard InChI is InChI=1S/C14H23NO/c1-3-15-11-7-6-9-13-8-4-5-10-14(13)12-16-2/h4-5,8,10,15H,3,6-7,9,11-12H2,1-2H3. The van der Waals surface area contributed by atoms with Gasteiger partial charge in [0.1, 0.15) is 0 Å². The molecule has 0 aromatic heterocycles. The number of nitrogens with one attached hydrogen (secondary N) is 1. The van der Waals surface area contributed by atoms with Crippen molar-refractivity contribution in [3.63, 3.8) is 0 Å². The Bertz CT molecular complexity index is 286. The van der Waals surface area contributed by atoms with Gasteiger partial charge in [-0.15, -0.1) is 0 Å². The smallest absolute Gasteiger partial charge is 0.0715 e. The molecular weight excluding hydrogens is 198 g/mol. The Morgan fingerprint density at radius 3 is 2.56 bits per heavy atom. The third-order valence-electron chi connectivity index (χ3n) is 2.72. The zero-order valence-corrected chi connectivity index (χ0v) is 10.5. The molecule has 0 radical (unpaired) electrons. The number of rotatable bonds is 8. The van der Waals surface area contributed by atoms with Gasteiger partial charge in [-0.25, -0.2) is 0 Å². The van der Waals surface area contributed by atoms with Crippen molar-refractivity contribution in [3.05, 3.63) is 35.4 Å². The van der Waals surface area contributed by atoms with Crippen molar-refractivity contribution in [1.82, 2.24) is 5.32 Å². The monoisotopic (exact) mass is 221 g/mol. The summed E-state index contributed by atoms with van der Waals surface area (Å²) in [5, 5.41) is 3.35. The fraction of sp³-hybridized carbons (Fsp3) is 0.571. The van der Waals surface area contributed by atoms with Crippen LogP contribution in [-0.4, -0.2) is 20.2 Å². The van der Waals surface area contributed by atoms with E-state index in [1.807, 2.05) is 0 Å². The summed E-state index contributed by atoms with van der Waals surface area (Å²) in [5.74, 6) is 0. The number of unbranched alkanes of at least 4 members (excludes halogenated alkanes) is 1. The highest BCUT2D eigenvalue weighted by Gasteiger charge is 2.00. The Morgan fingerprint density at radius 2 is 1.88 bits per heavy atom. The van der Waals surface area contributed by atoms with E-state index in [-0.39, 0.29) is 0 Å². The first-order valence-corrected chi connectivity index (χ1v) is 6.15. The van der Waals surface area contributed by atoms with Crippen LogP contribution in [0.1, 0.15) is 30.9 Å². The van der Waals surface area contributed by atoms with E-state index in [2.05, 4.69) is 36.5 Å². The van der Waals surface area contributed by atoms with E-state index in [0.29, 0.717) is 0 Å². The first kappa shape index (κ1) is 13.2. The maximum absolute atomic E-state index is 5.20. The van der Waals surface area contributed by atoms with Gasteiger partial charge in [0.15, 0.2) is 0 Å². The van der Waals surface area contributed by atoms with Crippen molar-refractivity contribution in [1.29, 1.82) is 0 Å². The number of ether oxygens (including phenoxy) is 1. The summed E-state index contributed by atoms with van der Waals surface area (Å²) >= 11 is 0. The van der Waals surface area contributed by atoms with Crippen molar-refractivity contribution >= 4 is 0 Å². The molecule has 1 aromatic rings. The molecule has 16 heavy (non-hydrogen) atoms. The first-order chi connectivity index (χ1) is 7.88.